The Morgan fingerprint density at radius 2 is 0.483 bits per heavy atom. The second kappa shape index (κ2) is 27.7. The maximum absolute atomic E-state index is 3.91. The summed E-state index contributed by atoms with van der Waals surface area (Å²) < 4.78 is 0. The molecule has 0 heteroatoms. The first-order valence-electron chi connectivity index (χ1n) is 13.6. The van der Waals surface area contributed by atoms with Crippen LogP contribution < -0.4 is 0 Å². The minimum absolute atomic E-state index is 1.11. The third-order valence-electron chi connectivity index (χ3n) is 6.16. The van der Waals surface area contributed by atoms with Crippen molar-refractivity contribution in [2.75, 3.05) is 0 Å². The average Bonchev–Trinajstić information content (AvgIpc) is 2.74. The molecule has 172 valence electrons. The first-order valence-corrected chi connectivity index (χ1v) is 13.6. The normalized spacial score (nSPS) is 11.7. The summed E-state index contributed by atoms with van der Waals surface area (Å²) in [5.41, 5.74) is 0. The number of hydrogen-bond acceptors (Lipinski definition) is 0. The van der Waals surface area contributed by atoms with E-state index in [1.54, 1.807) is 0 Å². The molecule has 0 bridgehead atoms. The van der Waals surface area contributed by atoms with E-state index in [4.69, 9.17) is 0 Å². The molecule has 29 heavy (non-hydrogen) atoms. The maximum atomic E-state index is 3.91. The van der Waals surface area contributed by atoms with Gasteiger partial charge in [0.15, 0.2) is 0 Å². The second-order valence-corrected chi connectivity index (χ2v) is 9.18. The van der Waals surface area contributed by atoms with Gasteiger partial charge in [0.2, 0.25) is 0 Å². The van der Waals surface area contributed by atoms with E-state index in [-0.39, 0.29) is 0 Å². The van der Waals surface area contributed by atoms with Crippen molar-refractivity contribution in [1.82, 2.24) is 0 Å². The minimum Gasteiger partial charge on any atom is -0.0885 e. The van der Waals surface area contributed by atoms with Crippen molar-refractivity contribution in [3.63, 3.8) is 0 Å². The van der Waals surface area contributed by atoms with Crippen LogP contribution in [0.15, 0.2) is 12.2 Å². The van der Waals surface area contributed by atoms with E-state index in [0.717, 1.165) is 12.8 Å². The summed E-state index contributed by atoms with van der Waals surface area (Å²) in [6.07, 6.45) is 39.7. The van der Waals surface area contributed by atoms with Gasteiger partial charge in [0.25, 0.3) is 0 Å². The summed E-state index contributed by atoms with van der Waals surface area (Å²) in [5.74, 6) is 0. The molecule has 0 spiro atoms. The van der Waals surface area contributed by atoms with Gasteiger partial charge in [-0.2, -0.15) is 0 Å². The van der Waals surface area contributed by atoms with Gasteiger partial charge in [0.1, 0.15) is 0 Å². The van der Waals surface area contributed by atoms with Crippen molar-refractivity contribution in [1.29, 1.82) is 0 Å². The molecule has 0 heterocycles. The Morgan fingerprint density at radius 1 is 0.276 bits per heavy atom. The van der Waals surface area contributed by atoms with Gasteiger partial charge in [-0.05, 0) is 25.7 Å². The highest BCUT2D eigenvalue weighted by Crippen LogP contribution is 2.14. The fraction of sp³-hybridized carbons (Fsp3) is 0.862. The predicted octanol–water partition coefficient (Wildman–Crippen LogP) is 11.0. The fourth-order valence-corrected chi connectivity index (χ4v) is 4.12. The van der Waals surface area contributed by atoms with E-state index >= 15 is 0 Å². The highest BCUT2D eigenvalue weighted by molar-refractivity contribution is 4.81. The molecule has 0 aromatic rings. The summed E-state index contributed by atoms with van der Waals surface area (Å²) in [6, 6.07) is 0. The van der Waals surface area contributed by atoms with E-state index in [1.807, 2.05) is 0 Å². The van der Waals surface area contributed by atoms with Gasteiger partial charge in [-0.15, -0.1) is 0 Å². The van der Waals surface area contributed by atoms with Crippen LogP contribution in [0.4, 0.5) is 0 Å². The van der Waals surface area contributed by atoms with Gasteiger partial charge in [0.05, 0.1) is 0 Å². The quantitative estimate of drug-likeness (QED) is 0.105. The summed E-state index contributed by atoms with van der Waals surface area (Å²) in [4.78, 5) is 0. The third kappa shape index (κ3) is 27.7. The van der Waals surface area contributed by atoms with E-state index in [9.17, 15) is 0 Å². The van der Waals surface area contributed by atoms with Gasteiger partial charge in [-0.3, -0.25) is 0 Å². The number of allylic oxidation sites excluding steroid dienone is 2. The molecular weight excluding hydrogens is 348 g/mol. The largest absolute Gasteiger partial charge is 0.0885 e. The van der Waals surface area contributed by atoms with Crippen LogP contribution in [0.1, 0.15) is 161 Å². The van der Waals surface area contributed by atoms with Crippen LogP contribution >= 0.6 is 0 Å². The Hall–Kier alpha value is -0.260. The lowest BCUT2D eigenvalue weighted by Gasteiger charge is -2.03. The van der Waals surface area contributed by atoms with E-state index in [0.29, 0.717) is 0 Å². The van der Waals surface area contributed by atoms with E-state index < -0.39 is 0 Å². The molecular formula is C29H56. The molecule has 0 aliphatic carbocycles. The van der Waals surface area contributed by atoms with Crippen LogP contribution in [0, 0.1) is 13.8 Å². The van der Waals surface area contributed by atoms with Crippen molar-refractivity contribution in [3.05, 3.63) is 26.0 Å². The molecule has 0 N–H and O–H groups in total. The molecule has 0 atom stereocenters. The fourth-order valence-electron chi connectivity index (χ4n) is 4.12. The predicted molar refractivity (Wildman–Crippen MR) is 135 cm³/mol. The van der Waals surface area contributed by atoms with Crippen LogP contribution in [-0.4, -0.2) is 0 Å². The van der Waals surface area contributed by atoms with E-state index in [2.05, 4.69) is 26.0 Å². The monoisotopic (exact) mass is 404 g/mol. The Bertz CT molecular complexity index is 290. The molecule has 0 aromatic carbocycles. The SMILES string of the molecule is [CH2]CCCCCCCCCC=CCCCCCCCCCCCCCCCC[CH2]. The van der Waals surface area contributed by atoms with Crippen molar-refractivity contribution in [2.45, 2.75) is 161 Å². The zero-order valence-electron chi connectivity index (χ0n) is 20.2. The lowest BCUT2D eigenvalue weighted by molar-refractivity contribution is 0.534. The molecule has 2 radical (unpaired) electrons. The van der Waals surface area contributed by atoms with Crippen LogP contribution in [0.3, 0.4) is 0 Å². The standard InChI is InChI=1S/C29H56/c1-3-5-7-9-11-13-15-17-19-21-23-25-27-29-28-26-24-22-20-18-16-14-12-10-8-6-4-2/h21,23H,1-20,22,24-29H2. The molecule has 0 saturated carbocycles. The lowest BCUT2D eigenvalue weighted by Crippen LogP contribution is -1.83. The first kappa shape index (κ1) is 28.7. The molecule has 0 aliphatic heterocycles. The number of hydrogen-bond donors (Lipinski definition) is 0. The molecule has 0 amide bonds. The van der Waals surface area contributed by atoms with Crippen molar-refractivity contribution in [2.24, 2.45) is 0 Å². The molecule has 0 nitrogen and oxygen atoms in total. The van der Waals surface area contributed by atoms with Crippen molar-refractivity contribution < 1.29 is 0 Å². The number of rotatable bonds is 25. The molecule has 0 saturated heterocycles. The van der Waals surface area contributed by atoms with Crippen LogP contribution in [-0.2, 0) is 0 Å². The Labute approximate surface area is 186 Å². The molecule has 0 aliphatic rings. The highest BCUT2D eigenvalue weighted by Gasteiger charge is 1.94. The minimum atomic E-state index is 1.11. The highest BCUT2D eigenvalue weighted by atomic mass is 14.0. The molecule has 0 aromatic heterocycles. The Balaban J connectivity index is 3.05. The van der Waals surface area contributed by atoms with Crippen molar-refractivity contribution >= 4 is 0 Å². The van der Waals surface area contributed by atoms with Crippen molar-refractivity contribution in [3.8, 4) is 0 Å². The Kier molecular flexibility index (Phi) is 27.5. The van der Waals surface area contributed by atoms with Gasteiger partial charge in [-0.25, -0.2) is 0 Å². The summed E-state index contributed by atoms with van der Waals surface area (Å²) in [6.45, 7) is 7.82. The smallest absolute Gasteiger partial charge is 0.0351 e. The Morgan fingerprint density at radius 3 is 0.724 bits per heavy atom. The summed E-state index contributed by atoms with van der Waals surface area (Å²) >= 11 is 0. The van der Waals surface area contributed by atoms with E-state index in [1.165, 1.54) is 148 Å². The topological polar surface area (TPSA) is 0 Å². The molecule has 0 fully saturated rings. The summed E-state index contributed by atoms with van der Waals surface area (Å²) in [7, 11) is 0. The molecule has 0 rings (SSSR count). The zero-order chi connectivity index (χ0) is 21.1. The average molecular weight is 405 g/mol. The van der Waals surface area contributed by atoms with Gasteiger partial charge in [-0.1, -0.05) is 161 Å². The van der Waals surface area contributed by atoms with Crippen LogP contribution in [0.25, 0.3) is 0 Å². The lowest BCUT2D eigenvalue weighted by atomic mass is 10.0. The van der Waals surface area contributed by atoms with Gasteiger partial charge < -0.3 is 0 Å². The van der Waals surface area contributed by atoms with Gasteiger partial charge >= 0.3 is 0 Å². The zero-order valence-corrected chi connectivity index (χ0v) is 20.2. The van der Waals surface area contributed by atoms with Crippen LogP contribution in [0.2, 0.25) is 0 Å². The first-order chi connectivity index (χ1) is 14.4. The second-order valence-electron chi connectivity index (χ2n) is 9.18. The summed E-state index contributed by atoms with van der Waals surface area (Å²) in [5, 5.41) is 0. The maximum Gasteiger partial charge on any atom is -0.0351 e. The molecule has 0 unspecified atom stereocenters. The third-order valence-corrected chi connectivity index (χ3v) is 6.16. The van der Waals surface area contributed by atoms with Crippen LogP contribution in [0.5, 0.6) is 0 Å². The number of unbranched alkanes of at least 4 members (excludes halogenated alkanes) is 23. The van der Waals surface area contributed by atoms with Gasteiger partial charge in [0, 0.05) is 0 Å².